The molecular formula is C35H43BrF3N5O4. The van der Waals surface area contributed by atoms with E-state index < -0.39 is 23.5 Å². The summed E-state index contributed by atoms with van der Waals surface area (Å²) >= 11 is 3.00. The highest BCUT2D eigenvalue weighted by Crippen LogP contribution is 2.40. The van der Waals surface area contributed by atoms with Crippen LogP contribution >= 0.6 is 15.9 Å². The maximum absolute atomic E-state index is 13.9. The number of fused-ring (bicyclic) bond motifs is 1. The van der Waals surface area contributed by atoms with Crippen molar-refractivity contribution < 1.29 is 32.3 Å². The van der Waals surface area contributed by atoms with Gasteiger partial charge in [0, 0.05) is 61.3 Å². The van der Waals surface area contributed by atoms with Crippen LogP contribution in [0.15, 0.2) is 46.9 Å². The summed E-state index contributed by atoms with van der Waals surface area (Å²) in [5, 5.41) is 3.06. The summed E-state index contributed by atoms with van der Waals surface area (Å²) in [5.41, 5.74) is 0.429. The molecule has 3 saturated heterocycles. The molecule has 6 rings (SSSR count). The molecule has 260 valence electrons. The summed E-state index contributed by atoms with van der Waals surface area (Å²) < 4.78 is 45.5. The van der Waals surface area contributed by atoms with Crippen LogP contribution in [0.4, 0.5) is 28.4 Å². The fourth-order valence-electron chi connectivity index (χ4n) is 8.13. The van der Waals surface area contributed by atoms with E-state index in [9.17, 15) is 27.6 Å². The van der Waals surface area contributed by atoms with Gasteiger partial charge in [-0.15, -0.1) is 0 Å². The molecule has 0 radical (unpaired) electrons. The minimum Gasteiger partial charge on any atom is -0.445 e. The molecule has 0 bridgehead atoms. The number of carbonyl (C=O) groups is 3. The van der Waals surface area contributed by atoms with E-state index in [0.29, 0.717) is 50.5 Å². The summed E-state index contributed by atoms with van der Waals surface area (Å²) in [5.74, 6) is 0. The highest BCUT2D eigenvalue weighted by atomic mass is 79.9. The molecular weight excluding hydrogens is 691 g/mol. The van der Waals surface area contributed by atoms with Crippen LogP contribution in [0.25, 0.3) is 0 Å². The van der Waals surface area contributed by atoms with Gasteiger partial charge in [0.05, 0.1) is 5.56 Å². The van der Waals surface area contributed by atoms with Crippen molar-refractivity contribution in [3.8, 4) is 0 Å². The Bertz CT molecular complexity index is 1480. The number of rotatable bonds is 7. The van der Waals surface area contributed by atoms with Gasteiger partial charge >= 0.3 is 18.3 Å². The number of alkyl halides is 3. The van der Waals surface area contributed by atoms with Crippen LogP contribution in [0.3, 0.4) is 0 Å². The van der Waals surface area contributed by atoms with E-state index in [1.165, 1.54) is 31.4 Å². The van der Waals surface area contributed by atoms with Crippen molar-refractivity contribution in [3.63, 3.8) is 0 Å². The van der Waals surface area contributed by atoms with Crippen LogP contribution < -0.4 is 5.32 Å². The van der Waals surface area contributed by atoms with Crippen LogP contribution in [0.5, 0.6) is 0 Å². The second kappa shape index (κ2) is 14.8. The van der Waals surface area contributed by atoms with Gasteiger partial charge < -0.3 is 24.6 Å². The molecule has 0 unspecified atom stereocenters. The lowest BCUT2D eigenvalue weighted by molar-refractivity contribution is -0.138. The smallest absolute Gasteiger partial charge is 0.417 e. The number of benzene rings is 2. The highest BCUT2D eigenvalue weighted by Gasteiger charge is 2.52. The largest absolute Gasteiger partial charge is 0.445 e. The van der Waals surface area contributed by atoms with E-state index >= 15 is 0 Å². The van der Waals surface area contributed by atoms with Crippen LogP contribution in [0.1, 0.15) is 68.1 Å². The fourth-order valence-corrected chi connectivity index (χ4v) is 8.78. The Balaban J connectivity index is 1.23. The normalized spacial score (nSPS) is 24.8. The number of hydrogen-bond donors (Lipinski definition) is 1. The Morgan fingerprint density at radius 1 is 0.979 bits per heavy atom. The number of amides is 3. The fraction of sp³-hybridized carbons (Fsp3) is 0.571. The SMILES string of the molecule is O=CC[C@@]1(N2CCC(N3CCCCC3)CC2)C[C@H](N2CCc3ccccc3NC2=O)CCN1C(=O)OCc1ccc(C(F)(F)F)c(Br)c1. The lowest BCUT2D eigenvalue weighted by Crippen LogP contribution is -2.70. The summed E-state index contributed by atoms with van der Waals surface area (Å²) in [6.45, 7) is 4.11. The Morgan fingerprint density at radius 3 is 2.42 bits per heavy atom. The number of urea groups is 1. The second-order valence-electron chi connectivity index (χ2n) is 13.4. The second-order valence-corrected chi connectivity index (χ2v) is 14.2. The maximum Gasteiger partial charge on any atom is 0.417 e. The van der Waals surface area contributed by atoms with Crippen molar-refractivity contribution in [1.82, 2.24) is 19.6 Å². The zero-order valence-corrected chi connectivity index (χ0v) is 28.6. The third kappa shape index (κ3) is 7.38. The number of anilines is 1. The van der Waals surface area contributed by atoms with E-state index in [4.69, 9.17) is 4.74 Å². The zero-order valence-electron chi connectivity index (χ0n) is 27.0. The van der Waals surface area contributed by atoms with Crippen molar-refractivity contribution in [3.05, 3.63) is 63.6 Å². The van der Waals surface area contributed by atoms with Crippen molar-refractivity contribution >= 4 is 40.0 Å². The van der Waals surface area contributed by atoms with Gasteiger partial charge in [-0.3, -0.25) is 9.80 Å². The van der Waals surface area contributed by atoms with Crippen molar-refractivity contribution in [1.29, 1.82) is 0 Å². The molecule has 0 aliphatic carbocycles. The van der Waals surface area contributed by atoms with E-state index in [-0.39, 0.29) is 36.1 Å². The predicted octanol–water partition coefficient (Wildman–Crippen LogP) is 6.89. The first-order chi connectivity index (χ1) is 23.1. The van der Waals surface area contributed by atoms with E-state index in [1.807, 2.05) is 29.2 Å². The number of aldehydes is 1. The van der Waals surface area contributed by atoms with Gasteiger partial charge in [0.25, 0.3) is 0 Å². The lowest BCUT2D eigenvalue weighted by Gasteiger charge is -2.57. The molecule has 13 heteroatoms. The number of nitrogens with zero attached hydrogens (tertiary/aromatic N) is 4. The standard InChI is InChI=1S/C35H43BrF3N5O4/c36-30-22-25(8-9-29(30)35(37,38)39)24-48-33(47)44-20-13-28(43-19-10-26-6-2-3-7-31(26)40-32(43)46)23-34(44,14-21-45)42-17-11-27(12-18-42)41-15-4-1-5-16-41/h2-3,6-9,21-22,27-28H,1,4-5,10-20,23-24H2,(H,40,46)/t28-,34+/m1/s1. The first-order valence-corrected chi connectivity index (χ1v) is 17.8. The molecule has 48 heavy (non-hydrogen) atoms. The molecule has 3 fully saturated rings. The van der Waals surface area contributed by atoms with Gasteiger partial charge in [-0.05, 0) is 80.9 Å². The Morgan fingerprint density at radius 2 is 1.71 bits per heavy atom. The van der Waals surface area contributed by atoms with E-state index in [1.54, 1.807) is 4.90 Å². The third-order valence-electron chi connectivity index (χ3n) is 10.6. The molecule has 4 aliphatic rings. The van der Waals surface area contributed by atoms with Crippen LogP contribution in [0, 0.1) is 0 Å². The van der Waals surface area contributed by atoms with Crippen molar-refractivity contribution in [2.45, 2.75) is 88.3 Å². The minimum atomic E-state index is -4.51. The van der Waals surface area contributed by atoms with Crippen molar-refractivity contribution in [2.24, 2.45) is 0 Å². The molecule has 4 heterocycles. The molecule has 0 aromatic heterocycles. The highest BCUT2D eigenvalue weighted by molar-refractivity contribution is 9.10. The molecule has 4 aliphatic heterocycles. The molecule has 2 aromatic carbocycles. The Hall–Kier alpha value is -3.16. The van der Waals surface area contributed by atoms with Gasteiger partial charge in [0.2, 0.25) is 0 Å². The minimum absolute atomic E-state index is 0.0501. The van der Waals surface area contributed by atoms with Crippen LogP contribution in [0.2, 0.25) is 0 Å². The molecule has 2 aromatic rings. The monoisotopic (exact) mass is 733 g/mol. The van der Waals surface area contributed by atoms with Gasteiger partial charge in [-0.2, -0.15) is 13.2 Å². The van der Waals surface area contributed by atoms with Gasteiger partial charge in [-0.1, -0.05) is 46.6 Å². The lowest BCUT2D eigenvalue weighted by atomic mass is 9.84. The number of piperidine rings is 3. The molecule has 1 N–H and O–H groups in total. The molecule has 0 spiro atoms. The van der Waals surface area contributed by atoms with Gasteiger partial charge in [0.15, 0.2) is 0 Å². The average Bonchev–Trinajstić information content (AvgIpc) is 3.25. The van der Waals surface area contributed by atoms with Gasteiger partial charge in [0.1, 0.15) is 18.6 Å². The quantitative estimate of drug-likeness (QED) is 0.312. The molecule has 2 atom stereocenters. The first-order valence-electron chi connectivity index (χ1n) is 17.0. The number of ether oxygens (including phenoxy) is 1. The predicted molar refractivity (Wildman–Crippen MR) is 178 cm³/mol. The number of nitrogens with one attached hydrogen (secondary N) is 1. The Labute approximate surface area is 287 Å². The maximum atomic E-state index is 13.9. The average molecular weight is 735 g/mol. The number of carbonyl (C=O) groups excluding carboxylic acids is 3. The van der Waals surface area contributed by atoms with Gasteiger partial charge in [-0.25, -0.2) is 9.59 Å². The Kier molecular flexibility index (Phi) is 10.7. The molecule has 0 saturated carbocycles. The van der Waals surface area contributed by atoms with Crippen LogP contribution in [-0.4, -0.2) is 95.0 Å². The summed E-state index contributed by atoms with van der Waals surface area (Å²) in [4.78, 5) is 48.3. The van der Waals surface area contributed by atoms with Crippen molar-refractivity contribution in [2.75, 3.05) is 44.6 Å². The number of para-hydroxylation sites is 1. The third-order valence-corrected chi connectivity index (χ3v) is 11.3. The molecule has 9 nitrogen and oxygen atoms in total. The number of likely N-dealkylation sites (tertiary alicyclic amines) is 3. The summed E-state index contributed by atoms with van der Waals surface area (Å²) in [7, 11) is 0. The van der Waals surface area contributed by atoms with Crippen LogP contribution in [-0.2, 0) is 28.7 Å². The zero-order chi connectivity index (χ0) is 33.9. The van der Waals surface area contributed by atoms with E-state index in [2.05, 4.69) is 31.0 Å². The number of hydrogen-bond acceptors (Lipinski definition) is 6. The first kappa shape index (κ1) is 34.7. The summed E-state index contributed by atoms with van der Waals surface area (Å²) in [6, 6.07) is 11.3. The molecule has 3 amide bonds. The summed E-state index contributed by atoms with van der Waals surface area (Å²) in [6.07, 6.45) is 2.80. The number of halogens is 4. The van der Waals surface area contributed by atoms with E-state index in [0.717, 1.165) is 49.5 Å². The topological polar surface area (TPSA) is 85.4 Å².